The molecule has 1 fully saturated rings. The van der Waals surface area contributed by atoms with Crippen LogP contribution in [0.25, 0.3) is 0 Å². The van der Waals surface area contributed by atoms with Gasteiger partial charge in [0.05, 0.1) is 23.4 Å². The van der Waals surface area contributed by atoms with E-state index in [0.717, 1.165) is 42.6 Å². The first kappa shape index (κ1) is 18.7. The second-order valence-electron chi connectivity index (χ2n) is 6.82. The van der Waals surface area contributed by atoms with Crippen LogP contribution in [0.4, 0.5) is 5.69 Å². The van der Waals surface area contributed by atoms with Crippen LogP contribution >= 0.6 is 11.6 Å². The van der Waals surface area contributed by atoms with Crippen molar-refractivity contribution in [3.05, 3.63) is 52.7 Å². The van der Waals surface area contributed by atoms with E-state index in [1.807, 2.05) is 44.2 Å². The maximum absolute atomic E-state index is 13.3. The molecule has 1 amide bonds. The first-order chi connectivity index (χ1) is 12.5. The minimum Gasteiger partial charge on any atom is -0.478 e. The van der Waals surface area contributed by atoms with E-state index in [1.54, 1.807) is 6.07 Å². The van der Waals surface area contributed by atoms with Crippen molar-refractivity contribution in [2.45, 2.75) is 51.4 Å². The summed E-state index contributed by atoms with van der Waals surface area (Å²) in [5, 5.41) is 3.80. The van der Waals surface area contributed by atoms with E-state index in [9.17, 15) is 4.79 Å². The summed E-state index contributed by atoms with van der Waals surface area (Å²) in [4.78, 5) is 17.7. The molecule has 0 saturated heterocycles. The molecule has 3 rings (SSSR count). The Morgan fingerprint density at radius 1 is 1.15 bits per heavy atom. The smallest absolute Gasteiger partial charge is 0.235 e. The zero-order valence-corrected chi connectivity index (χ0v) is 16.1. The lowest BCUT2D eigenvalue weighted by molar-refractivity contribution is -0.122. The number of pyridine rings is 1. The van der Waals surface area contributed by atoms with Crippen molar-refractivity contribution in [2.75, 3.05) is 11.9 Å². The first-order valence-electron chi connectivity index (χ1n) is 9.23. The Bertz CT molecular complexity index is 768. The molecule has 1 aromatic heterocycles. The molecule has 1 saturated carbocycles. The number of ether oxygens (including phenoxy) is 1. The Morgan fingerprint density at radius 2 is 1.85 bits per heavy atom. The van der Waals surface area contributed by atoms with Gasteiger partial charge >= 0.3 is 0 Å². The molecule has 1 aromatic carbocycles. The average molecular weight is 373 g/mol. The number of hydrogen-bond donors (Lipinski definition) is 1. The molecule has 0 aliphatic heterocycles. The predicted molar refractivity (Wildman–Crippen MR) is 105 cm³/mol. The molecule has 1 N–H and O–H groups in total. The fourth-order valence-electron chi connectivity index (χ4n) is 3.71. The van der Waals surface area contributed by atoms with Crippen molar-refractivity contribution in [1.29, 1.82) is 0 Å². The summed E-state index contributed by atoms with van der Waals surface area (Å²) in [5.41, 5.74) is 2.02. The van der Waals surface area contributed by atoms with E-state index >= 15 is 0 Å². The number of amides is 1. The van der Waals surface area contributed by atoms with Crippen molar-refractivity contribution < 1.29 is 9.53 Å². The Kier molecular flexibility index (Phi) is 5.82. The topological polar surface area (TPSA) is 51.2 Å². The summed E-state index contributed by atoms with van der Waals surface area (Å²) in [7, 11) is 0. The van der Waals surface area contributed by atoms with Crippen molar-refractivity contribution >= 4 is 23.2 Å². The fourth-order valence-corrected chi connectivity index (χ4v) is 3.84. The number of hydrogen-bond acceptors (Lipinski definition) is 3. The Balaban J connectivity index is 1.88. The molecule has 4 nitrogen and oxygen atoms in total. The van der Waals surface area contributed by atoms with E-state index in [4.69, 9.17) is 16.3 Å². The van der Waals surface area contributed by atoms with Gasteiger partial charge in [-0.05, 0) is 50.5 Å². The number of rotatable bonds is 5. The summed E-state index contributed by atoms with van der Waals surface area (Å²) in [6.07, 6.45) is 4.98. The van der Waals surface area contributed by atoms with Gasteiger partial charge in [0.25, 0.3) is 0 Å². The molecule has 1 heterocycles. The van der Waals surface area contributed by atoms with Gasteiger partial charge in [-0.25, -0.2) is 4.98 Å². The number of benzene rings is 1. The predicted octanol–water partition coefficient (Wildman–Crippen LogP) is 5.28. The molecule has 1 aliphatic rings. The number of nitrogens with zero attached hydrogens (tertiary/aromatic N) is 1. The highest BCUT2D eigenvalue weighted by molar-refractivity contribution is 6.30. The first-order valence-corrected chi connectivity index (χ1v) is 9.61. The average Bonchev–Trinajstić information content (AvgIpc) is 2.65. The zero-order valence-electron chi connectivity index (χ0n) is 15.3. The molecule has 0 unspecified atom stereocenters. The highest BCUT2D eigenvalue weighted by Gasteiger charge is 2.41. The van der Waals surface area contributed by atoms with Crippen LogP contribution in [0.15, 0.2) is 36.4 Å². The molecule has 0 bridgehead atoms. The lowest BCUT2D eigenvalue weighted by Crippen LogP contribution is -2.42. The molecule has 138 valence electrons. The van der Waals surface area contributed by atoms with Crippen LogP contribution < -0.4 is 10.1 Å². The van der Waals surface area contributed by atoms with E-state index in [2.05, 4.69) is 10.3 Å². The maximum atomic E-state index is 13.3. The fraction of sp³-hybridized carbons (Fsp3) is 0.429. The van der Waals surface area contributed by atoms with Gasteiger partial charge in [-0.1, -0.05) is 43.0 Å². The molecule has 0 spiro atoms. The van der Waals surface area contributed by atoms with E-state index < -0.39 is 5.41 Å². The molecule has 0 radical (unpaired) electrons. The summed E-state index contributed by atoms with van der Waals surface area (Å²) < 4.78 is 5.43. The largest absolute Gasteiger partial charge is 0.478 e. The number of carbonyl (C=O) groups is 1. The molecular formula is C21H25ClN2O2. The molecule has 0 atom stereocenters. The van der Waals surface area contributed by atoms with Gasteiger partial charge in [-0.2, -0.15) is 0 Å². The summed E-state index contributed by atoms with van der Waals surface area (Å²) in [5.74, 6) is 0.613. The van der Waals surface area contributed by atoms with Gasteiger partial charge in [0.1, 0.15) is 0 Å². The van der Waals surface area contributed by atoms with E-state index in [-0.39, 0.29) is 5.91 Å². The Morgan fingerprint density at radius 3 is 2.46 bits per heavy atom. The van der Waals surface area contributed by atoms with Crippen LogP contribution in [-0.4, -0.2) is 17.5 Å². The van der Waals surface area contributed by atoms with Crippen molar-refractivity contribution in [3.8, 4) is 5.88 Å². The van der Waals surface area contributed by atoms with Crippen LogP contribution in [-0.2, 0) is 10.2 Å². The minimum absolute atomic E-state index is 0.0357. The number of anilines is 1. The van der Waals surface area contributed by atoms with Crippen LogP contribution in [0.1, 0.15) is 50.3 Å². The van der Waals surface area contributed by atoms with Crippen LogP contribution in [0.5, 0.6) is 5.88 Å². The second kappa shape index (κ2) is 8.09. The van der Waals surface area contributed by atoms with Gasteiger partial charge in [0.2, 0.25) is 11.8 Å². The molecule has 2 aromatic rings. The van der Waals surface area contributed by atoms with E-state index in [1.165, 1.54) is 6.42 Å². The second-order valence-corrected chi connectivity index (χ2v) is 7.26. The highest BCUT2D eigenvalue weighted by atomic mass is 35.5. The minimum atomic E-state index is -0.506. The van der Waals surface area contributed by atoms with E-state index in [0.29, 0.717) is 17.5 Å². The summed E-state index contributed by atoms with van der Waals surface area (Å²) >= 11 is 6.05. The van der Waals surface area contributed by atoms with Crippen LogP contribution in [0.3, 0.4) is 0 Å². The van der Waals surface area contributed by atoms with Crippen LogP contribution in [0.2, 0.25) is 5.02 Å². The molecule has 1 aliphatic carbocycles. The summed E-state index contributed by atoms with van der Waals surface area (Å²) in [6.45, 7) is 4.37. The number of halogens is 1. The molecule has 5 heteroatoms. The standard InChI is InChI=1S/C21H25ClN2O2/c1-3-26-19-12-11-18(15(2)23-19)24-20(25)21(13-5-4-6-14-21)16-7-9-17(22)10-8-16/h7-12H,3-6,13-14H2,1-2H3,(H,24,25). The molecule has 26 heavy (non-hydrogen) atoms. The number of aryl methyl sites for hydroxylation is 1. The van der Waals surface area contributed by atoms with Gasteiger partial charge in [-0.15, -0.1) is 0 Å². The Hall–Kier alpha value is -2.07. The highest BCUT2D eigenvalue weighted by Crippen LogP contribution is 2.41. The third-order valence-corrected chi connectivity index (χ3v) is 5.39. The quantitative estimate of drug-likeness (QED) is 0.776. The van der Waals surface area contributed by atoms with Crippen molar-refractivity contribution in [1.82, 2.24) is 4.98 Å². The number of aromatic nitrogens is 1. The van der Waals surface area contributed by atoms with Crippen molar-refractivity contribution in [3.63, 3.8) is 0 Å². The lowest BCUT2D eigenvalue weighted by atomic mass is 9.68. The third kappa shape index (κ3) is 3.85. The molecular weight excluding hydrogens is 348 g/mol. The van der Waals surface area contributed by atoms with Gasteiger partial charge < -0.3 is 10.1 Å². The van der Waals surface area contributed by atoms with Gasteiger partial charge in [0, 0.05) is 11.1 Å². The lowest BCUT2D eigenvalue weighted by Gasteiger charge is -2.36. The third-order valence-electron chi connectivity index (χ3n) is 5.14. The van der Waals surface area contributed by atoms with Gasteiger partial charge in [0.15, 0.2) is 0 Å². The van der Waals surface area contributed by atoms with Crippen LogP contribution in [0, 0.1) is 6.92 Å². The monoisotopic (exact) mass is 372 g/mol. The Labute approximate surface area is 159 Å². The van der Waals surface area contributed by atoms with Crippen molar-refractivity contribution in [2.24, 2.45) is 0 Å². The number of carbonyl (C=O) groups excluding carboxylic acids is 1. The normalized spacial score (nSPS) is 16.1. The zero-order chi connectivity index (χ0) is 18.6. The van der Waals surface area contributed by atoms with Gasteiger partial charge in [-0.3, -0.25) is 4.79 Å². The number of nitrogens with one attached hydrogen (secondary N) is 1. The summed E-state index contributed by atoms with van der Waals surface area (Å²) in [6, 6.07) is 11.4. The SMILES string of the molecule is CCOc1ccc(NC(=O)C2(c3ccc(Cl)cc3)CCCCC2)c(C)n1. The maximum Gasteiger partial charge on any atom is 0.235 e.